The molecule has 0 amide bonds. The SMILES string of the molecule is Cc1ccccc1-c1ccc2c(c1)c1cc(-c3ccccc3C)ccc1n2-c1ccc(-c2ccccc2C#N)cc1-c1cccc(-n2c3ccc(-c4ccccc4C)cc3c3cc(-c4ccccc4C)ccc32)c1-c1nc(-c2ccccc2)nc(-c2ccccc2)n1. The number of nitriles is 1. The van der Waals surface area contributed by atoms with Gasteiger partial charge in [0.15, 0.2) is 17.5 Å². The van der Waals surface area contributed by atoms with Crippen molar-refractivity contribution in [1.29, 1.82) is 5.26 Å². The van der Waals surface area contributed by atoms with E-state index in [0.29, 0.717) is 23.0 Å². The minimum atomic E-state index is 0.508. The predicted octanol–water partition coefficient (Wildman–Crippen LogP) is 22.2. The summed E-state index contributed by atoms with van der Waals surface area (Å²) < 4.78 is 4.87. The molecule has 92 heavy (non-hydrogen) atoms. The Morgan fingerprint density at radius 2 is 0.598 bits per heavy atom. The van der Waals surface area contributed by atoms with Gasteiger partial charge in [-0.1, -0.05) is 218 Å². The Morgan fingerprint density at radius 3 is 1.01 bits per heavy atom. The lowest BCUT2D eigenvalue weighted by molar-refractivity contribution is 1.06. The molecule has 6 nitrogen and oxygen atoms in total. The maximum Gasteiger partial charge on any atom is 0.166 e. The number of nitrogens with zero attached hydrogens (tertiary/aromatic N) is 6. The van der Waals surface area contributed by atoms with Gasteiger partial charge in [-0.15, -0.1) is 0 Å². The Morgan fingerprint density at radius 1 is 0.261 bits per heavy atom. The van der Waals surface area contributed by atoms with Gasteiger partial charge in [0, 0.05) is 38.2 Å². The van der Waals surface area contributed by atoms with E-state index in [1.165, 1.54) is 44.5 Å². The summed E-state index contributed by atoms with van der Waals surface area (Å²) >= 11 is 0. The summed E-state index contributed by atoms with van der Waals surface area (Å²) in [6, 6.07) is 106. The van der Waals surface area contributed by atoms with Gasteiger partial charge in [0.25, 0.3) is 0 Å². The van der Waals surface area contributed by atoms with Crippen molar-refractivity contribution >= 4 is 43.6 Å². The van der Waals surface area contributed by atoms with E-state index < -0.39 is 0 Å². The number of aromatic nitrogens is 5. The smallest absolute Gasteiger partial charge is 0.166 e. The third-order valence-corrected chi connectivity index (χ3v) is 18.4. The lowest BCUT2D eigenvalue weighted by atomic mass is 9.91. The number of fused-ring (bicyclic) bond motifs is 6. The van der Waals surface area contributed by atoms with Gasteiger partial charge in [-0.25, -0.2) is 15.0 Å². The molecule has 0 fully saturated rings. The third kappa shape index (κ3) is 9.54. The summed E-state index contributed by atoms with van der Waals surface area (Å²) in [5, 5.41) is 15.3. The molecular formula is C86H60N6. The van der Waals surface area contributed by atoms with E-state index in [9.17, 15) is 5.26 Å². The van der Waals surface area contributed by atoms with Crippen LogP contribution < -0.4 is 0 Å². The van der Waals surface area contributed by atoms with Crippen LogP contribution in [0.3, 0.4) is 0 Å². The topological polar surface area (TPSA) is 72.3 Å². The summed E-state index contributed by atoms with van der Waals surface area (Å²) in [5.41, 5.74) is 26.9. The quantitative estimate of drug-likeness (QED) is 0.129. The fourth-order valence-electron chi connectivity index (χ4n) is 13.9. The van der Waals surface area contributed by atoms with E-state index in [1.807, 2.05) is 60.7 Å². The molecule has 0 saturated heterocycles. The molecule has 0 aliphatic heterocycles. The van der Waals surface area contributed by atoms with Gasteiger partial charge in [-0.3, -0.25) is 0 Å². The van der Waals surface area contributed by atoms with E-state index in [-0.39, 0.29) is 0 Å². The molecule has 434 valence electrons. The highest BCUT2D eigenvalue weighted by atomic mass is 15.1. The van der Waals surface area contributed by atoms with Crippen molar-refractivity contribution in [1.82, 2.24) is 24.1 Å². The molecule has 0 N–H and O–H groups in total. The molecule has 16 rings (SSSR count). The highest BCUT2D eigenvalue weighted by Crippen LogP contribution is 2.48. The Hall–Kier alpha value is -12.0. The highest BCUT2D eigenvalue weighted by molar-refractivity contribution is 6.14. The van der Waals surface area contributed by atoms with Crippen LogP contribution in [0.5, 0.6) is 0 Å². The van der Waals surface area contributed by atoms with Crippen molar-refractivity contribution in [2.24, 2.45) is 0 Å². The van der Waals surface area contributed by atoms with Crippen LogP contribution in [0.25, 0.3) is 156 Å². The molecule has 3 heterocycles. The van der Waals surface area contributed by atoms with Crippen LogP contribution in [0, 0.1) is 39.0 Å². The Labute approximate surface area is 535 Å². The Kier molecular flexibility index (Phi) is 13.7. The van der Waals surface area contributed by atoms with Crippen LogP contribution in [0.15, 0.2) is 291 Å². The number of benzene rings is 13. The molecule has 0 aliphatic rings. The first kappa shape index (κ1) is 55.3. The molecule has 0 spiro atoms. The second-order valence-corrected chi connectivity index (χ2v) is 24.0. The van der Waals surface area contributed by atoms with Crippen LogP contribution in [0.1, 0.15) is 27.8 Å². The molecule has 3 aromatic heterocycles. The molecule has 0 aliphatic carbocycles. The lowest BCUT2D eigenvalue weighted by Gasteiger charge is -2.22. The second kappa shape index (κ2) is 22.8. The summed E-state index contributed by atoms with van der Waals surface area (Å²) in [6.45, 7) is 8.75. The lowest BCUT2D eigenvalue weighted by Crippen LogP contribution is -2.06. The molecule has 16 aromatic rings. The maximum absolute atomic E-state index is 10.8. The number of aryl methyl sites for hydroxylation is 4. The van der Waals surface area contributed by atoms with E-state index in [0.717, 1.165) is 116 Å². The zero-order chi connectivity index (χ0) is 62.0. The van der Waals surface area contributed by atoms with Gasteiger partial charge in [0.2, 0.25) is 0 Å². The average Bonchev–Trinajstić information content (AvgIpc) is 1.52. The van der Waals surface area contributed by atoms with Gasteiger partial charge in [-0.05, 0) is 184 Å². The first-order valence-electron chi connectivity index (χ1n) is 31.3. The zero-order valence-corrected chi connectivity index (χ0v) is 51.4. The molecule has 0 unspecified atom stereocenters. The van der Waals surface area contributed by atoms with E-state index in [1.54, 1.807) is 0 Å². The summed E-state index contributed by atoms with van der Waals surface area (Å²) in [7, 11) is 0. The van der Waals surface area contributed by atoms with Crippen molar-refractivity contribution in [3.8, 4) is 118 Å². The molecule has 6 heteroatoms. The third-order valence-electron chi connectivity index (χ3n) is 18.4. The molecule has 0 saturated carbocycles. The molecular weight excluding hydrogens is 1120 g/mol. The minimum absolute atomic E-state index is 0.508. The van der Waals surface area contributed by atoms with Crippen molar-refractivity contribution < 1.29 is 0 Å². The molecule has 0 bridgehead atoms. The first-order chi connectivity index (χ1) is 45.2. The van der Waals surface area contributed by atoms with Crippen LogP contribution in [0.4, 0.5) is 0 Å². The zero-order valence-electron chi connectivity index (χ0n) is 51.4. The Bertz CT molecular complexity index is 5380. The Balaban J connectivity index is 1.05. The standard InChI is InChI=1S/C86H60N6/c1-54-22-11-16-31-66(54)60-38-43-78-73(48-60)74-49-61(67-32-17-12-23-55(67)2)39-44-79(74)91(78)77-47-42-64(70-35-20-15-30-65(70)53-87)52-72(77)71-36-21-37-82(83(71)86-89-84(58-26-7-5-8-27-58)88-85(90-86)59-28-9-6-10-29-59)92-80-45-40-62(68-33-18-13-24-56(68)3)50-75(80)76-51-63(41-46-81(76)92)69-34-19-14-25-57(69)4/h5-52H,1-4H3. The van der Waals surface area contributed by atoms with Crippen LogP contribution in [-0.2, 0) is 0 Å². The highest BCUT2D eigenvalue weighted by Gasteiger charge is 2.27. The van der Waals surface area contributed by atoms with Gasteiger partial charge >= 0.3 is 0 Å². The average molecular weight is 1180 g/mol. The van der Waals surface area contributed by atoms with Crippen LogP contribution in [-0.4, -0.2) is 24.1 Å². The fourth-order valence-corrected chi connectivity index (χ4v) is 13.9. The molecule has 13 aromatic carbocycles. The monoisotopic (exact) mass is 1180 g/mol. The van der Waals surface area contributed by atoms with Crippen molar-refractivity contribution in [3.05, 3.63) is 319 Å². The number of hydrogen-bond acceptors (Lipinski definition) is 4. The molecule has 0 atom stereocenters. The van der Waals surface area contributed by atoms with E-state index >= 15 is 0 Å². The van der Waals surface area contributed by atoms with Gasteiger partial charge in [-0.2, -0.15) is 5.26 Å². The van der Waals surface area contributed by atoms with Gasteiger partial charge in [0.1, 0.15) is 0 Å². The van der Waals surface area contributed by atoms with Crippen molar-refractivity contribution in [2.45, 2.75) is 27.7 Å². The number of rotatable bonds is 11. The van der Waals surface area contributed by atoms with E-state index in [4.69, 9.17) is 15.0 Å². The maximum atomic E-state index is 10.8. The summed E-state index contributed by atoms with van der Waals surface area (Å²) in [6.07, 6.45) is 0. The predicted molar refractivity (Wildman–Crippen MR) is 381 cm³/mol. The molecule has 0 radical (unpaired) electrons. The van der Waals surface area contributed by atoms with Crippen molar-refractivity contribution in [3.63, 3.8) is 0 Å². The van der Waals surface area contributed by atoms with Crippen LogP contribution >= 0.6 is 0 Å². The normalized spacial score (nSPS) is 11.5. The second-order valence-electron chi connectivity index (χ2n) is 24.0. The largest absolute Gasteiger partial charge is 0.309 e. The van der Waals surface area contributed by atoms with Gasteiger partial charge < -0.3 is 9.13 Å². The van der Waals surface area contributed by atoms with E-state index in [2.05, 4.69) is 273 Å². The van der Waals surface area contributed by atoms with Crippen LogP contribution in [0.2, 0.25) is 0 Å². The number of hydrogen-bond donors (Lipinski definition) is 0. The fraction of sp³-hybridized carbons (Fsp3) is 0.0465. The van der Waals surface area contributed by atoms with Crippen molar-refractivity contribution in [2.75, 3.05) is 0 Å². The summed E-state index contributed by atoms with van der Waals surface area (Å²) in [5.74, 6) is 1.61. The van der Waals surface area contributed by atoms with Gasteiger partial charge in [0.05, 0.1) is 50.6 Å². The summed E-state index contributed by atoms with van der Waals surface area (Å²) in [4.78, 5) is 16.6. The minimum Gasteiger partial charge on any atom is -0.309 e. The first-order valence-corrected chi connectivity index (χ1v) is 31.3.